The van der Waals surface area contributed by atoms with E-state index in [2.05, 4.69) is 5.32 Å². The van der Waals surface area contributed by atoms with E-state index in [1.54, 1.807) is 13.0 Å². The summed E-state index contributed by atoms with van der Waals surface area (Å²) in [7, 11) is 1.37. The Hall–Kier alpha value is -1.90. The van der Waals surface area contributed by atoms with E-state index in [0.29, 0.717) is 17.5 Å². The summed E-state index contributed by atoms with van der Waals surface area (Å²) in [6, 6.07) is 5.45. The standard InChI is InChI=1S/C22H26F3NO3S/c1-12-4-5-17(15(23)8-12)26-21-19(18(29-3)9-16(24)20(21)25)13(2)30-22(6-7-22)10-14(28)11-27/h4-5,8-9,13-14,26-28H,6-7,10-11H2,1-3H3/t13?,14-/m0/s1. The van der Waals surface area contributed by atoms with Gasteiger partial charge >= 0.3 is 0 Å². The normalized spacial score (nSPS) is 16.8. The van der Waals surface area contributed by atoms with E-state index in [1.165, 1.54) is 31.0 Å². The van der Waals surface area contributed by atoms with Gasteiger partial charge in [0.05, 0.1) is 31.2 Å². The van der Waals surface area contributed by atoms with Crippen LogP contribution in [0, 0.1) is 24.4 Å². The molecule has 1 aliphatic rings. The predicted octanol–water partition coefficient (Wildman–Crippen LogP) is 5.23. The second-order valence-corrected chi connectivity index (χ2v) is 9.56. The third-order valence-corrected chi connectivity index (χ3v) is 6.95. The maximum Gasteiger partial charge on any atom is 0.182 e. The molecule has 0 spiro atoms. The summed E-state index contributed by atoms with van der Waals surface area (Å²) in [6.07, 6.45) is 1.26. The summed E-state index contributed by atoms with van der Waals surface area (Å²) in [4.78, 5) is 0. The number of aliphatic hydroxyl groups excluding tert-OH is 2. The van der Waals surface area contributed by atoms with Crippen LogP contribution in [0.15, 0.2) is 24.3 Å². The van der Waals surface area contributed by atoms with Crippen LogP contribution in [0.2, 0.25) is 0 Å². The predicted molar refractivity (Wildman–Crippen MR) is 113 cm³/mol. The first-order valence-electron chi connectivity index (χ1n) is 9.75. The second-order valence-electron chi connectivity index (χ2n) is 7.76. The number of thioether (sulfide) groups is 1. The van der Waals surface area contributed by atoms with Crippen LogP contribution in [-0.4, -0.2) is 34.8 Å². The molecule has 1 aliphatic carbocycles. The average molecular weight is 442 g/mol. The van der Waals surface area contributed by atoms with Crippen molar-refractivity contribution < 1.29 is 28.1 Å². The van der Waals surface area contributed by atoms with Crippen molar-refractivity contribution in [2.45, 2.75) is 49.2 Å². The van der Waals surface area contributed by atoms with Crippen molar-refractivity contribution in [1.82, 2.24) is 0 Å². The Bertz CT molecular complexity index is 921. The summed E-state index contributed by atoms with van der Waals surface area (Å²) >= 11 is 1.51. The smallest absolute Gasteiger partial charge is 0.182 e. The molecule has 2 atom stereocenters. The van der Waals surface area contributed by atoms with Gasteiger partial charge in [0.15, 0.2) is 11.6 Å². The number of aliphatic hydroxyl groups is 2. The number of aryl methyl sites for hydroxylation is 1. The van der Waals surface area contributed by atoms with Crippen molar-refractivity contribution in [3.05, 3.63) is 52.8 Å². The zero-order valence-corrected chi connectivity index (χ0v) is 18.0. The molecule has 1 unspecified atom stereocenters. The molecule has 0 radical (unpaired) electrons. The minimum Gasteiger partial charge on any atom is -0.496 e. The molecule has 8 heteroatoms. The quantitative estimate of drug-likeness (QED) is 0.497. The topological polar surface area (TPSA) is 61.7 Å². The first-order valence-corrected chi connectivity index (χ1v) is 10.6. The lowest BCUT2D eigenvalue weighted by atomic mass is 10.1. The molecule has 2 aromatic carbocycles. The minimum absolute atomic E-state index is 0.0300. The Morgan fingerprint density at radius 3 is 2.47 bits per heavy atom. The van der Waals surface area contributed by atoms with E-state index < -0.39 is 23.6 Å². The molecule has 30 heavy (non-hydrogen) atoms. The van der Waals surface area contributed by atoms with Crippen LogP contribution in [0.3, 0.4) is 0 Å². The van der Waals surface area contributed by atoms with Crippen LogP contribution in [0.25, 0.3) is 0 Å². The molecule has 164 valence electrons. The van der Waals surface area contributed by atoms with E-state index in [0.717, 1.165) is 18.9 Å². The number of anilines is 2. The molecule has 4 nitrogen and oxygen atoms in total. The highest BCUT2D eigenvalue weighted by molar-refractivity contribution is 8.01. The Labute approximate surface area is 178 Å². The fourth-order valence-electron chi connectivity index (χ4n) is 3.61. The highest BCUT2D eigenvalue weighted by atomic mass is 32.2. The lowest BCUT2D eigenvalue weighted by molar-refractivity contribution is 0.0864. The molecule has 0 aliphatic heterocycles. The second kappa shape index (κ2) is 9.08. The third-order valence-electron chi connectivity index (χ3n) is 5.29. The van der Waals surface area contributed by atoms with Gasteiger partial charge in [-0.15, -0.1) is 11.8 Å². The van der Waals surface area contributed by atoms with Crippen molar-refractivity contribution in [2.24, 2.45) is 0 Å². The highest BCUT2D eigenvalue weighted by Crippen LogP contribution is 2.58. The Kier molecular flexibility index (Phi) is 6.89. The van der Waals surface area contributed by atoms with Gasteiger partial charge in [-0.2, -0.15) is 0 Å². The summed E-state index contributed by atoms with van der Waals surface area (Å²) < 4.78 is 48.6. The molecule has 0 amide bonds. The van der Waals surface area contributed by atoms with Crippen LogP contribution in [-0.2, 0) is 0 Å². The van der Waals surface area contributed by atoms with E-state index >= 15 is 0 Å². The fraction of sp³-hybridized carbons (Fsp3) is 0.455. The average Bonchev–Trinajstić information content (AvgIpc) is 3.45. The number of rotatable bonds is 9. The largest absolute Gasteiger partial charge is 0.496 e. The van der Waals surface area contributed by atoms with Gasteiger partial charge in [0.25, 0.3) is 0 Å². The molecule has 0 aromatic heterocycles. The monoisotopic (exact) mass is 441 g/mol. The first kappa shape index (κ1) is 22.8. The molecule has 2 aromatic rings. The molecule has 0 heterocycles. The van der Waals surface area contributed by atoms with Crippen molar-refractivity contribution in [1.29, 1.82) is 0 Å². The number of nitrogens with one attached hydrogen (secondary N) is 1. The number of ether oxygens (including phenoxy) is 1. The fourth-order valence-corrected chi connectivity index (χ4v) is 5.33. The number of methoxy groups -OCH3 is 1. The van der Waals surface area contributed by atoms with Gasteiger partial charge in [0.1, 0.15) is 11.6 Å². The molecule has 1 saturated carbocycles. The van der Waals surface area contributed by atoms with E-state index in [-0.39, 0.29) is 33.7 Å². The van der Waals surface area contributed by atoms with Gasteiger partial charge in [-0.25, -0.2) is 13.2 Å². The minimum atomic E-state index is -1.11. The number of halogens is 3. The van der Waals surface area contributed by atoms with Gasteiger partial charge in [-0.05, 0) is 50.8 Å². The highest BCUT2D eigenvalue weighted by Gasteiger charge is 2.46. The molecular formula is C22H26F3NO3S. The van der Waals surface area contributed by atoms with Crippen molar-refractivity contribution in [2.75, 3.05) is 19.0 Å². The summed E-state index contributed by atoms with van der Waals surface area (Å²) in [5.74, 6) is -2.63. The number of hydrogen-bond donors (Lipinski definition) is 3. The molecule has 0 bridgehead atoms. The maximum atomic E-state index is 14.9. The molecule has 0 saturated heterocycles. The Balaban J connectivity index is 1.99. The summed E-state index contributed by atoms with van der Waals surface area (Å²) in [5, 5.41) is 21.4. The number of benzene rings is 2. The van der Waals surface area contributed by atoms with E-state index in [1.807, 2.05) is 6.92 Å². The zero-order chi connectivity index (χ0) is 22.1. The molecule has 3 rings (SSSR count). The molecule has 3 N–H and O–H groups in total. The summed E-state index contributed by atoms with van der Waals surface area (Å²) in [5.41, 5.74) is 0.944. The lowest BCUT2D eigenvalue weighted by Crippen LogP contribution is -2.20. The third kappa shape index (κ3) is 4.87. The van der Waals surface area contributed by atoms with E-state index in [4.69, 9.17) is 9.84 Å². The zero-order valence-electron chi connectivity index (χ0n) is 17.1. The van der Waals surface area contributed by atoms with Crippen molar-refractivity contribution in [3.8, 4) is 5.75 Å². The van der Waals surface area contributed by atoms with E-state index in [9.17, 15) is 18.3 Å². The number of hydrogen-bond acceptors (Lipinski definition) is 5. The first-order chi connectivity index (χ1) is 14.2. The van der Waals surface area contributed by atoms with Crippen LogP contribution < -0.4 is 10.1 Å². The van der Waals surface area contributed by atoms with Crippen molar-refractivity contribution in [3.63, 3.8) is 0 Å². The van der Waals surface area contributed by atoms with Crippen LogP contribution >= 0.6 is 11.8 Å². The summed E-state index contributed by atoms with van der Waals surface area (Å²) in [6.45, 7) is 3.24. The van der Waals surface area contributed by atoms with Crippen molar-refractivity contribution >= 4 is 23.1 Å². The lowest BCUT2D eigenvalue weighted by Gasteiger charge is -2.26. The Morgan fingerprint density at radius 1 is 1.20 bits per heavy atom. The van der Waals surface area contributed by atoms with Gasteiger partial charge in [0.2, 0.25) is 0 Å². The van der Waals surface area contributed by atoms with Gasteiger partial charge in [0, 0.05) is 21.6 Å². The Morgan fingerprint density at radius 2 is 1.90 bits per heavy atom. The molecule has 1 fully saturated rings. The van der Waals surface area contributed by atoms with Gasteiger partial charge < -0.3 is 20.3 Å². The maximum absolute atomic E-state index is 14.9. The van der Waals surface area contributed by atoms with Gasteiger partial charge in [-0.1, -0.05) is 6.07 Å². The van der Waals surface area contributed by atoms with Gasteiger partial charge in [-0.3, -0.25) is 0 Å². The van der Waals surface area contributed by atoms with Crippen LogP contribution in [0.4, 0.5) is 24.5 Å². The molecular weight excluding hydrogens is 415 g/mol. The SMILES string of the molecule is COc1cc(F)c(F)c(Nc2ccc(C)cc2F)c1C(C)SC1(C[C@H](O)CO)CC1. The van der Waals surface area contributed by atoms with Crippen LogP contribution in [0.1, 0.15) is 42.6 Å². The van der Waals surface area contributed by atoms with Crippen LogP contribution in [0.5, 0.6) is 5.75 Å².